The van der Waals surface area contributed by atoms with Crippen LogP contribution < -0.4 is 5.32 Å². The van der Waals surface area contributed by atoms with Gasteiger partial charge in [0.2, 0.25) is 5.91 Å². The van der Waals surface area contributed by atoms with E-state index in [1.54, 1.807) is 12.0 Å². The maximum Gasteiger partial charge on any atom is 0.317 e. The Kier molecular flexibility index (Phi) is 10.1. The van der Waals surface area contributed by atoms with Crippen molar-refractivity contribution in [3.05, 3.63) is 71.4 Å². The number of aromatic amines is 1. The summed E-state index contributed by atoms with van der Waals surface area (Å²) < 4.78 is 5.16. The molecule has 0 saturated heterocycles. The van der Waals surface area contributed by atoms with Crippen molar-refractivity contribution >= 4 is 22.8 Å². The van der Waals surface area contributed by atoms with E-state index >= 15 is 0 Å². The number of hydrogen-bond donors (Lipinski definition) is 2. The van der Waals surface area contributed by atoms with E-state index < -0.39 is 0 Å². The quantitative estimate of drug-likeness (QED) is 0.335. The molecule has 1 aromatic heterocycles. The predicted molar refractivity (Wildman–Crippen MR) is 150 cm³/mol. The van der Waals surface area contributed by atoms with Gasteiger partial charge in [-0.1, -0.05) is 63.2 Å². The zero-order valence-electron chi connectivity index (χ0n) is 23.0. The minimum absolute atomic E-state index is 0.0313. The molecule has 0 bridgehead atoms. The third-order valence-electron chi connectivity index (χ3n) is 6.59. The van der Waals surface area contributed by atoms with Crippen molar-refractivity contribution in [1.82, 2.24) is 20.1 Å². The largest absolute Gasteiger partial charge is 0.385 e. The number of ether oxygens (including phenoxy) is 1. The lowest BCUT2D eigenvalue weighted by Gasteiger charge is -2.28. The molecule has 0 aliphatic carbocycles. The van der Waals surface area contributed by atoms with Gasteiger partial charge in [-0.25, -0.2) is 4.79 Å². The zero-order valence-corrected chi connectivity index (χ0v) is 23.0. The number of carbonyl (C=O) groups is 2. The third kappa shape index (κ3) is 8.09. The van der Waals surface area contributed by atoms with E-state index in [0.29, 0.717) is 39.2 Å². The number of aromatic nitrogens is 1. The number of urea groups is 1. The molecule has 7 nitrogen and oxygen atoms in total. The smallest absolute Gasteiger partial charge is 0.317 e. The van der Waals surface area contributed by atoms with Crippen LogP contribution in [-0.4, -0.2) is 66.6 Å². The molecule has 0 fully saturated rings. The molecule has 0 unspecified atom stereocenters. The molecule has 0 aliphatic rings. The van der Waals surface area contributed by atoms with Crippen molar-refractivity contribution in [2.75, 3.05) is 39.9 Å². The molecule has 1 heterocycles. The van der Waals surface area contributed by atoms with Gasteiger partial charge in [-0.3, -0.25) is 4.79 Å². The van der Waals surface area contributed by atoms with Crippen LogP contribution in [0.15, 0.2) is 54.7 Å². The highest BCUT2D eigenvalue weighted by molar-refractivity contribution is 5.85. The number of H-pyrrole nitrogens is 1. The summed E-state index contributed by atoms with van der Waals surface area (Å²) in [5.41, 5.74) is 4.67. The van der Waals surface area contributed by atoms with Gasteiger partial charge in [0.1, 0.15) is 6.54 Å². The monoisotopic (exact) mass is 506 g/mol. The summed E-state index contributed by atoms with van der Waals surface area (Å²) >= 11 is 0. The summed E-state index contributed by atoms with van der Waals surface area (Å²) in [4.78, 5) is 33.1. The first kappa shape index (κ1) is 28.3. The van der Waals surface area contributed by atoms with Crippen molar-refractivity contribution in [2.24, 2.45) is 0 Å². The van der Waals surface area contributed by atoms with Crippen LogP contribution >= 0.6 is 0 Å². The van der Waals surface area contributed by atoms with Gasteiger partial charge in [0.15, 0.2) is 0 Å². The normalized spacial score (nSPS) is 11.5. The number of methoxy groups -OCH3 is 1. The molecule has 37 heavy (non-hydrogen) atoms. The number of para-hydroxylation sites is 1. The molecule has 0 aliphatic heterocycles. The fourth-order valence-electron chi connectivity index (χ4n) is 4.39. The average molecular weight is 507 g/mol. The number of benzene rings is 2. The molecule has 200 valence electrons. The molecular weight excluding hydrogens is 464 g/mol. The molecule has 0 atom stereocenters. The maximum atomic E-state index is 13.6. The first-order valence-electron chi connectivity index (χ1n) is 13.2. The second kappa shape index (κ2) is 13.3. The summed E-state index contributed by atoms with van der Waals surface area (Å²) in [6.07, 6.45) is 3.42. The summed E-state index contributed by atoms with van der Waals surface area (Å²) in [5.74, 6) is -0.0663. The van der Waals surface area contributed by atoms with Gasteiger partial charge in [0, 0.05) is 57.0 Å². The lowest BCUT2D eigenvalue weighted by molar-refractivity contribution is -0.132. The van der Waals surface area contributed by atoms with Gasteiger partial charge in [-0.2, -0.15) is 0 Å². The number of carbonyl (C=O) groups excluding carboxylic acids is 2. The Morgan fingerprint density at radius 3 is 2.41 bits per heavy atom. The predicted octanol–water partition coefficient (Wildman–Crippen LogP) is 5.10. The molecule has 0 radical (unpaired) electrons. The van der Waals surface area contributed by atoms with Crippen molar-refractivity contribution < 1.29 is 14.3 Å². The van der Waals surface area contributed by atoms with Crippen molar-refractivity contribution in [2.45, 2.75) is 52.5 Å². The Labute approximate surface area is 221 Å². The Morgan fingerprint density at radius 2 is 1.73 bits per heavy atom. The summed E-state index contributed by atoms with van der Waals surface area (Å²) in [6, 6.07) is 16.5. The molecule has 7 heteroatoms. The van der Waals surface area contributed by atoms with E-state index in [4.69, 9.17) is 4.74 Å². The van der Waals surface area contributed by atoms with Crippen LogP contribution in [0.4, 0.5) is 4.79 Å². The minimum atomic E-state index is -0.224. The standard InChI is InChI=1S/C30H42N4O3/c1-6-31-29(36)34(17-9-19-37-5)22-28(35)33(21-23-12-14-25(15-13-23)30(2,3)4)18-16-24-20-32-27-11-8-7-10-26(24)27/h7-8,10-15,20,32H,6,9,16-19,21-22H2,1-5H3,(H,31,36). The number of hydrogen-bond acceptors (Lipinski definition) is 3. The number of fused-ring (bicyclic) bond motifs is 1. The number of amides is 3. The van der Waals surface area contributed by atoms with Crippen molar-refractivity contribution in [1.29, 1.82) is 0 Å². The molecular formula is C30H42N4O3. The fourth-order valence-corrected chi connectivity index (χ4v) is 4.39. The molecule has 2 N–H and O–H groups in total. The van der Waals surface area contributed by atoms with E-state index in [2.05, 4.69) is 67.5 Å². The molecule has 0 saturated carbocycles. The Morgan fingerprint density at radius 1 is 1.00 bits per heavy atom. The SMILES string of the molecule is CCNC(=O)N(CCCOC)CC(=O)N(CCc1c[nH]c2ccccc12)Cc1ccc(C(C)(C)C)cc1. The summed E-state index contributed by atoms with van der Waals surface area (Å²) in [5, 5.41) is 4.01. The molecule has 3 amide bonds. The zero-order chi connectivity index (χ0) is 26.8. The number of nitrogens with one attached hydrogen (secondary N) is 2. The van der Waals surface area contributed by atoms with Gasteiger partial charge in [-0.05, 0) is 47.9 Å². The van der Waals surface area contributed by atoms with Gasteiger partial charge in [0.25, 0.3) is 0 Å². The molecule has 3 rings (SSSR count). The number of rotatable bonds is 12. The lowest BCUT2D eigenvalue weighted by atomic mass is 9.87. The Balaban J connectivity index is 1.79. The Hall–Kier alpha value is -3.32. The van der Waals surface area contributed by atoms with Crippen LogP contribution in [0.1, 0.15) is 50.8 Å². The van der Waals surface area contributed by atoms with E-state index in [1.807, 2.05) is 30.2 Å². The van der Waals surface area contributed by atoms with E-state index in [1.165, 1.54) is 16.5 Å². The van der Waals surface area contributed by atoms with Crippen LogP contribution in [0.5, 0.6) is 0 Å². The molecule has 0 spiro atoms. The van der Waals surface area contributed by atoms with E-state index in [-0.39, 0.29) is 23.9 Å². The first-order valence-corrected chi connectivity index (χ1v) is 13.2. The van der Waals surface area contributed by atoms with Crippen LogP contribution in [-0.2, 0) is 27.9 Å². The third-order valence-corrected chi connectivity index (χ3v) is 6.59. The lowest BCUT2D eigenvalue weighted by Crippen LogP contribution is -2.47. The molecule has 2 aromatic carbocycles. The van der Waals surface area contributed by atoms with Crippen molar-refractivity contribution in [3.8, 4) is 0 Å². The molecule has 3 aromatic rings. The van der Waals surface area contributed by atoms with Crippen LogP contribution in [0.2, 0.25) is 0 Å². The summed E-state index contributed by atoms with van der Waals surface area (Å²) in [7, 11) is 1.64. The highest BCUT2D eigenvalue weighted by Crippen LogP contribution is 2.23. The Bertz CT molecular complexity index is 1150. The fraction of sp³-hybridized carbons (Fsp3) is 0.467. The summed E-state index contributed by atoms with van der Waals surface area (Å²) in [6.45, 7) is 11.0. The van der Waals surface area contributed by atoms with Gasteiger partial charge in [0.05, 0.1) is 0 Å². The van der Waals surface area contributed by atoms with Crippen LogP contribution in [0, 0.1) is 0 Å². The highest BCUT2D eigenvalue weighted by atomic mass is 16.5. The topological polar surface area (TPSA) is 77.7 Å². The minimum Gasteiger partial charge on any atom is -0.385 e. The maximum absolute atomic E-state index is 13.6. The second-order valence-corrected chi connectivity index (χ2v) is 10.5. The van der Waals surface area contributed by atoms with Crippen molar-refractivity contribution in [3.63, 3.8) is 0 Å². The van der Waals surface area contributed by atoms with Crippen LogP contribution in [0.3, 0.4) is 0 Å². The highest BCUT2D eigenvalue weighted by Gasteiger charge is 2.22. The van der Waals surface area contributed by atoms with Gasteiger partial charge >= 0.3 is 6.03 Å². The first-order chi connectivity index (χ1) is 17.7. The van der Waals surface area contributed by atoms with Gasteiger partial charge in [-0.15, -0.1) is 0 Å². The van der Waals surface area contributed by atoms with E-state index in [0.717, 1.165) is 17.5 Å². The second-order valence-electron chi connectivity index (χ2n) is 10.5. The van der Waals surface area contributed by atoms with Crippen LogP contribution in [0.25, 0.3) is 10.9 Å². The van der Waals surface area contributed by atoms with Gasteiger partial charge < -0.3 is 24.8 Å². The van der Waals surface area contributed by atoms with E-state index in [9.17, 15) is 9.59 Å². The average Bonchev–Trinajstić information content (AvgIpc) is 3.29. The number of nitrogens with zero attached hydrogens (tertiary/aromatic N) is 2.